The van der Waals surface area contributed by atoms with Crippen molar-refractivity contribution in [2.24, 2.45) is 0 Å². The number of benzene rings is 2. The summed E-state index contributed by atoms with van der Waals surface area (Å²) in [6.07, 6.45) is 0. The highest BCUT2D eigenvalue weighted by atomic mass is 27.2. The molecule has 3 aromatic rings. The van der Waals surface area contributed by atoms with Crippen LogP contribution in [0.5, 0.6) is 11.5 Å². The van der Waals surface area contributed by atoms with Gasteiger partial charge in [-0.05, 0) is 56.2 Å². The van der Waals surface area contributed by atoms with Crippen molar-refractivity contribution < 1.29 is 7.58 Å². The second-order valence-electron chi connectivity index (χ2n) is 5.36. The summed E-state index contributed by atoms with van der Waals surface area (Å²) in [6.45, 7) is 6.15. The first-order valence-electron chi connectivity index (χ1n) is 7.22. The molecule has 0 saturated heterocycles. The molecule has 0 aliphatic heterocycles. The molecule has 0 fully saturated rings. The first kappa shape index (κ1) is 14.9. The lowest BCUT2D eigenvalue weighted by Gasteiger charge is -2.11. The minimum Gasteiger partial charge on any atom is -0.616 e. The van der Waals surface area contributed by atoms with Crippen LogP contribution in [0.4, 0.5) is 0 Å². The zero-order valence-corrected chi connectivity index (χ0v) is 14.1. The average Bonchev–Trinajstić information content (AvgIpc) is 2.51. The minimum absolute atomic E-state index is 0.627. The van der Waals surface area contributed by atoms with E-state index in [1.54, 1.807) is 0 Å². The molecule has 0 unspecified atom stereocenters. The number of aryl methyl sites for hydroxylation is 3. The maximum Gasteiger partial charge on any atom is 0.881 e. The first-order chi connectivity index (χ1) is 10.6. The van der Waals surface area contributed by atoms with Crippen LogP contribution in [-0.4, -0.2) is 20.9 Å². The van der Waals surface area contributed by atoms with E-state index in [-0.39, 0.29) is 0 Å². The van der Waals surface area contributed by atoms with Crippen LogP contribution in [0, 0.1) is 20.8 Å². The van der Waals surface area contributed by atoms with Gasteiger partial charge in [0.15, 0.2) is 0 Å². The molecule has 1 radical (unpaired) electrons. The molecule has 0 N–H and O–H groups in total. The van der Waals surface area contributed by atoms with Gasteiger partial charge in [-0.25, -0.2) is 4.98 Å². The Balaban J connectivity index is 1.74. The van der Waals surface area contributed by atoms with Crippen molar-refractivity contribution in [2.45, 2.75) is 20.8 Å². The highest BCUT2D eigenvalue weighted by molar-refractivity contribution is 6.21. The molecule has 109 valence electrons. The quantitative estimate of drug-likeness (QED) is 0.678. The topological polar surface area (TPSA) is 31.4 Å². The molecular weight excluding hydrogens is 289 g/mol. The van der Waals surface area contributed by atoms with Gasteiger partial charge in [0.05, 0.1) is 5.75 Å². The largest absolute Gasteiger partial charge is 0.881 e. The minimum atomic E-state index is -0.627. The number of fused-ring (bicyclic) bond motifs is 1. The van der Waals surface area contributed by atoms with Crippen molar-refractivity contribution >= 4 is 26.8 Å². The van der Waals surface area contributed by atoms with Crippen LogP contribution in [0.1, 0.15) is 16.8 Å². The average molecular weight is 306 g/mol. The number of rotatable bonds is 4. The van der Waals surface area contributed by atoms with Crippen LogP contribution >= 0.6 is 0 Å². The molecule has 2 aromatic carbocycles. The third-order valence-corrected chi connectivity index (χ3v) is 4.38. The van der Waals surface area contributed by atoms with E-state index >= 15 is 0 Å². The number of para-hydroxylation sites is 1. The molecule has 1 aromatic heterocycles. The molecule has 3 nitrogen and oxygen atoms in total. The van der Waals surface area contributed by atoms with E-state index < -0.39 is 15.9 Å². The molecule has 0 bridgehead atoms. The van der Waals surface area contributed by atoms with E-state index in [4.69, 9.17) is 7.58 Å². The van der Waals surface area contributed by atoms with Crippen molar-refractivity contribution in [1.82, 2.24) is 4.98 Å². The van der Waals surface area contributed by atoms with Crippen molar-refractivity contribution in [3.63, 3.8) is 0 Å². The lowest BCUT2D eigenvalue weighted by atomic mass is 10.1. The highest BCUT2D eigenvalue weighted by Crippen LogP contribution is 2.24. The highest BCUT2D eigenvalue weighted by Gasteiger charge is 2.10. The normalized spacial score (nSPS) is 10.5. The van der Waals surface area contributed by atoms with E-state index in [2.05, 4.69) is 31.0 Å². The summed E-state index contributed by atoms with van der Waals surface area (Å²) in [4.78, 5) is 4.56. The van der Waals surface area contributed by atoms with Gasteiger partial charge in [-0.15, -0.1) is 0 Å². The molecule has 1 heterocycles. The maximum atomic E-state index is 5.85. The lowest BCUT2D eigenvalue weighted by molar-refractivity contribution is 0.461. The molecule has 0 aliphatic rings. The zero-order valence-electron chi connectivity index (χ0n) is 13.0. The van der Waals surface area contributed by atoms with E-state index in [9.17, 15) is 0 Å². The smallest absolute Gasteiger partial charge is 0.616 e. The molecule has 22 heavy (non-hydrogen) atoms. The van der Waals surface area contributed by atoms with Crippen molar-refractivity contribution in [1.29, 1.82) is 0 Å². The molecule has 0 amide bonds. The Morgan fingerprint density at radius 3 is 2.55 bits per heavy atom. The monoisotopic (exact) mass is 306 g/mol. The number of hydrogen-bond donors (Lipinski definition) is 0. The fourth-order valence-corrected chi connectivity index (χ4v) is 2.83. The van der Waals surface area contributed by atoms with Gasteiger partial charge in [0, 0.05) is 11.1 Å². The van der Waals surface area contributed by atoms with Crippen LogP contribution in [0.2, 0.25) is 0 Å². The molecule has 4 heteroatoms. The van der Waals surface area contributed by atoms with Gasteiger partial charge >= 0.3 is 15.9 Å². The van der Waals surface area contributed by atoms with Crippen LogP contribution in [-0.2, 0) is 0 Å². The van der Waals surface area contributed by atoms with Crippen molar-refractivity contribution in [3.8, 4) is 11.5 Å². The number of nitrogens with zero attached hydrogens (tertiary/aromatic N) is 1. The molecule has 0 atom stereocenters. The Morgan fingerprint density at radius 1 is 0.864 bits per heavy atom. The summed E-state index contributed by atoms with van der Waals surface area (Å²) in [5.74, 6) is 1.63. The summed E-state index contributed by atoms with van der Waals surface area (Å²) in [5.41, 5.74) is 4.35. The van der Waals surface area contributed by atoms with E-state index in [1.165, 1.54) is 11.1 Å². The van der Waals surface area contributed by atoms with Gasteiger partial charge in [-0.1, -0.05) is 24.3 Å². The third-order valence-electron chi connectivity index (χ3n) is 3.66. The van der Waals surface area contributed by atoms with Crippen LogP contribution in [0.15, 0.2) is 48.5 Å². The van der Waals surface area contributed by atoms with Gasteiger partial charge in [-0.2, -0.15) is 0 Å². The number of aromatic nitrogens is 1. The zero-order chi connectivity index (χ0) is 15.5. The summed E-state index contributed by atoms with van der Waals surface area (Å²) in [5, 5.41) is 1.08. The summed E-state index contributed by atoms with van der Waals surface area (Å²) < 4.78 is 11.6. The lowest BCUT2D eigenvalue weighted by Crippen LogP contribution is -2.11. The summed E-state index contributed by atoms with van der Waals surface area (Å²) in [7, 11) is 0. The second kappa shape index (κ2) is 6.39. The standard InChI is InChI=1S/C10H9NO.C8H10O.Al/c1-7-5-6-8-3-2-4-9(12)10(8)11-7;1-6-3-4-8(9)5-7(6)2;/h2-6,12H,1H3;3-5,9H,1-2H3;/q;;+2/p-2. The first-order valence-corrected chi connectivity index (χ1v) is 8.16. The fourth-order valence-electron chi connectivity index (χ4n) is 2.23. The molecular formula is C18H17AlNO2. The Kier molecular flexibility index (Phi) is 4.33. The number of hydrogen-bond acceptors (Lipinski definition) is 3. The van der Waals surface area contributed by atoms with Gasteiger partial charge in [0.25, 0.3) is 0 Å². The van der Waals surface area contributed by atoms with Gasteiger partial charge in [-0.3, -0.25) is 0 Å². The van der Waals surface area contributed by atoms with Gasteiger partial charge in [0.2, 0.25) is 0 Å². The molecule has 0 spiro atoms. The van der Waals surface area contributed by atoms with Gasteiger partial charge < -0.3 is 7.58 Å². The third kappa shape index (κ3) is 3.24. The van der Waals surface area contributed by atoms with Crippen molar-refractivity contribution in [3.05, 3.63) is 65.4 Å². The van der Waals surface area contributed by atoms with Crippen LogP contribution < -0.4 is 7.58 Å². The van der Waals surface area contributed by atoms with Crippen molar-refractivity contribution in [2.75, 3.05) is 0 Å². The maximum absolute atomic E-state index is 5.85. The Hall–Kier alpha value is -2.02. The van der Waals surface area contributed by atoms with Gasteiger partial charge in [0.1, 0.15) is 11.3 Å². The predicted molar refractivity (Wildman–Crippen MR) is 89.4 cm³/mol. The van der Waals surface area contributed by atoms with E-state index in [1.807, 2.05) is 43.3 Å². The summed E-state index contributed by atoms with van der Waals surface area (Å²) >= 11 is -0.627. The van der Waals surface area contributed by atoms with Crippen LogP contribution in [0.25, 0.3) is 10.9 Å². The fraction of sp³-hybridized carbons (Fsp3) is 0.167. The van der Waals surface area contributed by atoms with E-state index in [0.29, 0.717) is 0 Å². The Bertz CT molecular complexity index is 817. The molecule has 0 saturated carbocycles. The molecule has 0 aliphatic carbocycles. The second-order valence-corrected chi connectivity index (χ2v) is 6.02. The number of pyridine rings is 1. The van der Waals surface area contributed by atoms with E-state index in [0.717, 1.165) is 28.1 Å². The Labute approximate surface area is 137 Å². The van der Waals surface area contributed by atoms with Crippen LogP contribution in [0.3, 0.4) is 0 Å². The molecule has 3 rings (SSSR count). The summed E-state index contributed by atoms with van der Waals surface area (Å²) in [6, 6.07) is 16.1. The predicted octanol–water partition coefficient (Wildman–Crippen LogP) is 4.15. The Morgan fingerprint density at radius 2 is 1.73 bits per heavy atom. The SMILES string of the molecule is Cc1ccc2cccc([O][Al][O]c3ccc(C)c(C)c3)c2n1.